The van der Waals surface area contributed by atoms with Gasteiger partial charge >= 0.3 is 11.8 Å². The first-order valence-corrected chi connectivity index (χ1v) is 12.2. The van der Waals surface area contributed by atoms with Crippen LogP contribution in [0.4, 0.5) is 11.4 Å². The van der Waals surface area contributed by atoms with Crippen molar-refractivity contribution in [1.82, 2.24) is 5.43 Å². The molecule has 0 spiro atoms. The molecule has 3 aromatic carbocycles. The van der Waals surface area contributed by atoms with Gasteiger partial charge in [-0.15, -0.1) is 0 Å². The van der Waals surface area contributed by atoms with E-state index in [-0.39, 0.29) is 12.5 Å². The molecule has 0 radical (unpaired) electrons. The third kappa shape index (κ3) is 8.18. The number of carbonyl (C=O) groups is 3. The number of nitrogens with one attached hydrogen (secondary N) is 3. The van der Waals surface area contributed by atoms with Crippen molar-refractivity contribution >= 4 is 51.2 Å². The largest absolute Gasteiger partial charge is 0.490 e. The molecule has 0 aliphatic carbocycles. The van der Waals surface area contributed by atoms with Gasteiger partial charge in [-0.3, -0.25) is 14.4 Å². The fourth-order valence-corrected chi connectivity index (χ4v) is 3.53. The number of carbonyl (C=O) groups excluding carboxylic acids is 3. The third-order valence-electron chi connectivity index (χ3n) is 5.06. The average Bonchev–Trinajstić information content (AvgIpc) is 2.87. The maximum atomic E-state index is 12.2. The smallest absolute Gasteiger partial charge is 0.329 e. The van der Waals surface area contributed by atoms with Crippen molar-refractivity contribution in [2.75, 3.05) is 23.8 Å². The van der Waals surface area contributed by atoms with Crippen LogP contribution in [0.1, 0.15) is 23.6 Å². The molecule has 0 saturated carbocycles. The average molecular weight is 567 g/mol. The molecular formula is C27H27BrN4O5. The molecule has 37 heavy (non-hydrogen) atoms. The highest BCUT2D eigenvalue weighted by molar-refractivity contribution is 9.10. The Labute approximate surface area is 223 Å². The molecule has 3 N–H and O–H groups in total. The highest BCUT2D eigenvalue weighted by Crippen LogP contribution is 2.28. The Hall–Kier alpha value is -4.18. The number of hydrogen-bond donors (Lipinski definition) is 3. The van der Waals surface area contributed by atoms with Crippen LogP contribution in [0.25, 0.3) is 0 Å². The highest BCUT2D eigenvalue weighted by Gasteiger charge is 2.15. The summed E-state index contributed by atoms with van der Waals surface area (Å²) in [6.07, 6.45) is 1.37. The lowest BCUT2D eigenvalue weighted by Gasteiger charge is -2.13. The molecule has 0 aliphatic rings. The maximum Gasteiger partial charge on any atom is 0.329 e. The van der Waals surface area contributed by atoms with Crippen LogP contribution < -0.4 is 25.5 Å². The number of hydrogen-bond acceptors (Lipinski definition) is 6. The highest BCUT2D eigenvalue weighted by atomic mass is 79.9. The molecule has 0 fully saturated rings. The summed E-state index contributed by atoms with van der Waals surface area (Å²) in [6, 6.07) is 17.7. The van der Waals surface area contributed by atoms with Gasteiger partial charge in [0.15, 0.2) is 18.1 Å². The minimum atomic E-state index is -0.902. The third-order valence-corrected chi connectivity index (χ3v) is 5.59. The van der Waals surface area contributed by atoms with E-state index < -0.39 is 11.8 Å². The summed E-state index contributed by atoms with van der Waals surface area (Å²) in [5, 5.41) is 9.21. The van der Waals surface area contributed by atoms with Crippen molar-refractivity contribution < 1.29 is 23.9 Å². The number of rotatable bonds is 9. The summed E-state index contributed by atoms with van der Waals surface area (Å²) in [5.41, 5.74) is 5.74. The molecule has 0 aromatic heterocycles. The van der Waals surface area contributed by atoms with Gasteiger partial charge in [0, 0.05) is 15.8 Å². The Morgan fingerprint density at radius 1 is 0.892 bits per heavy atom. The Morgan fingerprint density at radius 2 is 1.59 bits per heavy atom. The fourth-order valence-electron chi connectivity index (χ4n) is 3.26. The molecule has 0 aliphatic heterocycles. The van der Waals surface area contributed by atoms with Crippen molar-refractivity contribution in [2.24, 2.45) is 5.10 Å². The zero-order valence-electron chi connectivity index (χ0n) is 20.6. The van der Waals surface area contributed by atoms with E-state index in [2.05, 4.69) is 37.1 Å². The number of nitrogens with zero attached hydrogens (tertiary/aromatic N) is 1. The van der Waals surface area contributed by atoms with Crippen LogP contribution in [-0.2, 0) is 14.4 Å². The maximum absolute atomic E-state index is 12.2. The summed E-state index contributed by atoms with van der Waals surface area (Å²) >= 11 is 3.35. The van der Waals surface area contributed by atoms with Crippen LogP contribution in [0.5, 0.6) is 11.5 Å². The lowest BCUT2D eigenvalue weighted by atomic mass is 10.1. The van der Waals surface area contributed by atoms with Crippen molar-refractivity contribution in [1.29, 1.82) is 0 Å². The lowest BCUT2D eigenvalue weighted by Crippen LogP contribution is -2.32. The Bertz CT molecular complexity index is 1290. The Kier molecular flexibility index (Phi) is 9.79. The van der Waals surface area contributed by atoms with E-state index in [1.807, 2.05) is 51.1 Å². The van der Waals surface area contributed by atoms with Gasteiger partial charge in [0.1, 0.15) is 0 Å². The van der Waals surface area contributed by atoms with Crippen molar-refractivity contribution in [3.63, 3.8) is 0 Å². The molecule has 3 amide bonds. The molecule has 0 heterocycles. The van der Waals surface area contributed by atoms with E-state index in [1.54, 1.807) is 30.3 Å². The van der Waals surface area contributed by atoms with E-state index in [1.165, 1.54) is 6.21 Å². The topological polar surface area (TPSA) is 118 Å². The number of hydrazone groups is 1. The van der Waals surface area contributed by atoms with E-state index in [0.717, 1.165) is 15.6 Å². The van der Waals surface area contributed by atoms with Gasteiger partial charge < -0.3 is 20.1 Å². The van der Waals surface area contributed by atoms with Crippen molar-refractivity contribution in [2.45, 2.75) is 20.8 Å². The summed E-state index contributed by atoms with van der Waals surface area (Å²) in [7, 11) is 0. The molecule has 0 saturated heterocycles. The standard InChI is InChI=1S/C27H27BrN4O5/c1-4-36-23-14-19(8-13-22(23)37-16-24(33)30-21-11-9-20(28)10-12-21)15-29-32-27(35)26(34)31-25-17(2)6-5-7-18(25)3/h5-15H,4,16H2,1-3H3,(H,30,33)(H,31,34)(H,32,35)/b29-15-. The second kappa shape index (κ2) is 13.2. The molecule has 10 heteroatoms. The number of anilines is 2. The van der Waals surface area contributed by atoms with Gasteiger partial charge in [-0.25, -0.2) is 5.43 Å². The number of aryl methyl sites for hydroxylation is 2. The molecule has 0 atom stereocenters. The number of ether oxygens (including phenoxy) is 2. The van der Waals surface area contributed by atoms with Gasteiger partial charge in [-0.05, 0) is 79.9 Å². The number of benzene rings is 3. The normalized spacial score (nSPS) is 10.6. The summed E-state index contributed by atoms with van der Waals surface area (Å²) in [4.78, 5) is 36.6. The van der Waals surface area contributed by atoms with E-state index in [9.17, 15) is 14.4 Å². The molecule has 9 nitrogen and oxygen atoms in total. The number of amides is 3. The summed E-state index contributed by atoms with van der Waals surface area (Å²) in [6.45, 7) is 5.67. The van der Waals surface area contributed by atoms with Crippen LogP contribution in [0.3, 0.4) is 0 Å². The minimum absolute atomic E-state index is 0.213. The number of para-hydroxylation sites is 1. The summed E-state index contributed by atoms with van der Waals surface area (Å²) < 4.78 is 12.2. The van der Waals surface area contributed by atoms with E-state index in [0.29, 0.717) is 35.0 Å². The SMILES string of the molecule is CCOc1cc(/C=N\NC(=O)C(=O)Nc2c(C)cccc2C)ccc1OCC(=O)Nc1ccc(Br)cc1. The van der Waals surface area contributed by atoms with Crippen LogP contribution >= 0.6 is 15.9 Å². The second-order valence-electron chi connectivity index (χ2n) is 7.90. The fraction of sp³-hybridized carbons (Fsp3) is 0.185. The monoisotopic (exact) mass is 566 g/mol. The molecule has 192 valence electrons. The zero-order chi connectivity index (χ0) is 26.8. The Morgan fingerprint density at radius 3 is 2.27 bits per heavy atom. The summed E-state index contributed by atoms with van der Waals surface area (Å²) in [5.74, 6) is -1.27. The molecule has 3 rings (SSSR count). The van der Waals surface area contributed by atoms with Crippen molar-refractivity contribution in [3.05, 3.63) is 81.8 Å². The first kappa shape index (κ1) is 27.4. The minimum Gasteiger partial charge on any atom is -0.490 e. The van der Waals surface area contributed by atoms with Gasteiger partial charge in [0.25, 0.3) is 5.91 Å². The van der Waals surface area contributed by atoms with Gasteiger partial charge in [0.2, 0.25) is 0 Å². The quantitative estimate of drug-likeness (QED) is 0.199. The van der Waals surface area contributed by atoms with Gasteiger partial charge in [0.05, 0.1) is 12.8 Å². The second-order valence-corrected chi connectivity index (χ2v) is 8.82. The predicted octanol–water partition coefficient (Wildman–Crippen LogP) is 4.57. The molecular weight excluding hydrogens is 540 g/mol. The van der Waals surface area contributed by atoms with Gasteiger partial charge in [-0.2, -0.15) is 5.10 Å². The molecule has 0 bridgehead atoms. The Balaban J connectivity index is 1.57. The van der Waals surface area contributed by atoms with Crippen LogP contribution in [-0.4, -0.2) is 37.1 Å². The van der Waals surface area contributed by atoms with Crippen LogP contribution in [0.15, 0.2) is 70.2 Å². The predicted molar refractivity (Wildman–Crippen MR) is 146 cm³/mol. The van der Waals surface area contributed by atoms with E-state index >= 15 is 0 Å². The number of halogens is 1. The first-order valence-electron chi connectivity index (χ1n) is 11.4. The molecule has 3 aromatic rings. The lowest BCUT2D eigenvalue weighted by molar-refractivity contribution is -0.136. The first-order chi connectivity index (χ1) is 17.8. The van der Waals surface area contributed by atoms with Gasteiger partial charge in [-0.1, -0.05) is 34.1 Å². The van der Waals surface area contributed by atoms with E-state index in [4.69, 9.17) is 9.47 Å². The van der Waals surface area contributed by atoms with Crippen LogP contribution in [0, 0.1) is 13.8 Å². The zero-order valence-corrected chi connectivity index (χ0v) is 22.2. The van der Waals surface area contributed by atoms with Crippen molar-refractivity contribution in [3.8, 4) is 11.5 Å². The molecule has 0 unspecified atom stereocenters. The van der Waals surface area contributed by atoms with Crippen LogP contribution in [0.2, 0.25) is 0 Å².